The van der Waals surface area contributed by atoms with Crippen LogP contribution in [-0.2, 0) is 4.79 Å². The lowest BCUT2D eigenvalue weighted by molar-refractivity contribution is -0.114. The topological polar surface area (TPSA) is 37.3 Å². The largest absolute Gasteiger partial charge is 0.389 e. The van der Waals surface area contributed by atoms with Gasteiger partial charge in [-0.05, 0) is 12.5 Å². The molecule has 2 unspecified atom stereocenters. The monoisotopic (exact) mass is 208 g/mol. The third-order valence-corrected chi connectivity index (χ3v) is 2.65. The lowest BCUT2D eigenvalue weighted by Crippen LogP contribution is -2.02. The molecule has 84 valence electrons. The molecule has 0 fully saturated rings. The van der Waals surface area contributed by atoms with Crippen molar-refractivity contribution >= 4 is 5.78 Å². The van der Waals surface area contributed by atoms with Gasteiger partial charge in [0.2, 0.25) is 0 Å². The van der Waals surface area contributed by atoms with Crippen molar-refractivity contribution in [2.75, 3.05) is 0 Å². The van der Waals surface area contributed by atoms with Gasteiger partial charge in [0.1, 0.15) is 0 Å². The Bertz CT molecular complexity index is 253. The highest BCUT2D eigenvalue weighted by Gasteiger charge is 2.12. The Morgan fingerprint density at radius 3 is 3.00 bits per heavy atom. The van der Waals surface area contributed by atoms with Crippen LogP contribution in [0.3, 0.4) is 0 Å². The quantitative estimate of drug-likeness (QED) is 0.538. The zero-order valence-electron chi connectivity index (χ0n) is 9.36. The summed E-state index contributed by atoms with van der Waals surface area (Å²) in [4.78, 5) is 10.9. The van der Waals surface area contributed by atoms with Crippen molar-refractivity contribution in [3.8, 4) is 0 Å². The van der Waals surface area contributed by atoms with Gasteiger partial charge in [0.15, 0.2) is 5.78 Å². The molecule has 0 aromatic heterocycles. The number of hydrogen-bond donors (Lipinski definition) is 1. The Hall–Kier alpha value is -0.890. The summed E-state index contributed by atoms with van der Waals surface area (Å²) >= 11 is 0. The van der Waals surface area contributed by atoms with Gasteiger partial charge >= 0.3 is 0 Å². The molecule has 1 rings (SSSR count). The van der Waals surface area contributed by atoms with Crippen molar-refractivity contribution in [2.45, 2.75) is 45.1 Å². The maximum atomic E-state index is 10.9. The highest BCUT2D eigenvalue weighted by molar-refractivity contribution is 5.92. The number of aliphatic hydroxyl groups excluding tert-OH is 1. The number of allylic oxidation sites excluding steroid dienone is 3. The van der Waals surface area contributed by atoms with Crippen LogP contribution in [-0.4, -0.2) is 17.0 Å². The first-order valence-corrected chi connectivity index (χ1v) is 5.79. The fourth-order valence-corrected chi connectivity index (χ4v) is 1.70. The number of unbranched alkanes of at least 4 members (excludes halogenated alkanes) is 2. The summed E-state index contributed by atoms with van der Waals surface area (Å²) < 4.78 is 0. The molecule has 15 heavy (non-hydrogen) atoms. The van der Waals surface area contributed by atoms with Gasteiger partial charge in [0.05, 0.1) is 6.10 Å². The lowest BCUT2D eigenvalue weighted by atomic mass is 10.1. The molecule has 0 saturated carbocycles. The fourth-order valence-electron chi connectivity index (χ4n) is 1.70. The third-order valence-electron chi connectivity index (χ3n) is 2.65. The van der Waals surface area contributed by atoms with Crippen LogP contribution in [0.25, 0.3) is 0 Å². The summed E-state index contributed by atoms with van der Waals surface area (Å²) in [5, 5.41) is 9.61. The van der Waals surface area contributed by atoms with E-state index in [0.29, 0.717) is 6.42 Å². The Morgan fingerprint density at radius 2 is 2.40 bits per heavy atom. The van der Waals surface area contributed by atoms with Gasteiger partial charge in [0.25, 0.3) is 0 Å². The van der Waals surface area contributed by atoms with Gasteiger partial charge in [-0.3, -0.25) is 4.79 Å². The van der Waals surface area contributed by atoms with Crippen LogP contribution in [0.5, 0.6) is 0 Å². The van der Waals surface area contributed by atoms with Crippen LogP contribution < -0.4 is 0 Å². The second-order valence-corrected chi connectivity index (χ2v) is 4.14. The predicted octanol–water partition coefficient (Wildman–Crippen LogP) is 2.63. The number of carbonyl (C=O) groups excluding carboxylic acids is 1. The van der Waals surface area contributed by atoms with Crippen molar-refractivity contribution in [1.29, 1.82) is 0 Å². The van der Waals surface area contributed by atoms with Crippen LogP contribution in [0.2, 0.25) is 0 Å². The molecule has 2 atom stereocenters. The highest BCUT2D eigenvalue weighted by atomic mass is 16.3. The average molecular weight is 208 g/mol. The van der Waals surface area contributed by atoms with E-state index >= 15 is 0 Å². The average Bonchev–Trinajstić information content (AvgIpc) is 2.62. The second-order valence-electron chi connectivity index (χ2n) is 4.14. The van der Waals surface area contributed by atoms with Gasteiger partial charge in [0, 0.05) is 12.3 Å². The van der Waals surface area contributed by atoms with Crippen molar-refractivity contribution in [2.24, 2.45) is 5.92 Å². The zero-order valence-corrected chi connectivity index (χ0v) is 9.36. The minimum atomic E-state index is -0.347. The van der Waals surface area contributed by atoms with E-state index < -0.39 is 0 Å². The molecule has 1 N–H and O–H groups in total. The summed E-state index contributed by atoms with van der Waals surface area (Å²) in [6, 6.07) is 0. The standard InChI is InChI=1S/C13H20O2/c1-2-3-4-5-12(14)8-6-11-7-9-13(15)10-11/h6-9,11-12,14H,2-5,10H2,1H3/b8-6+. The van der Waals surface area contributed by atoms with Crippen molar-refractivity contribution in [1.82, 2.24) is 0 Å². The molecule has 0 bridgehead atoms. The molecule has 0 spiro atoms. The molecule has 0 heterocycles. The molecular formula is C13H20O2. The zero-order chi connectivity index (χ0) is 11.1. The summed E-state index contributed by atoms with van der Waals surface area (Å²) in [7, 11) is 0. The van der Waals surface area contributed by atoms with Crippen molar-refractivity contribution in [3.05, 3.63) is 24.3 Å². The van der Waals surface area contributed by atoms with E-state index in [9.17, 15) is 9.90 Å². The number of hydrogen-bond acceptors (Lipinski definition) is 2. The van der Waals surface area contributed by atoms with Crippen LogP contribution in [0, 0.1) is 5.92 Å². The second kappa shape index (κ2) is 6.57. The SMILES string of the molecule is CCCCCC(O)/C=C/C1C=CC(=O)C1. The highest BCUT2D eigenvalue weighted by Crippen LogP contribution is 2.16. The molecule has 0 amide bonds. The van der Waals surface area contributed by atoms with Gasteiger partial charge in [-0.25, -0.2) is 0 Å². The molecule has 0 radical (unpaired) electrons. The summed E-state index contributed by atoms with van der Waals surface area (Å²) in [5.74, 6) is 0.392. The van der Waals surface area contributed by atoms with Gasteiger partial charge in [-0.1, -0.05) is 44.4 Å². The summed E-state index contributed by atoms with van der Waals surface area (Å²) in [6.07, 6.45) is 11.8. The first-order valence-electron chi connectivity index (χ1n) is 5.79. The van der Waals surface area contributed by atoms with Crippen molar-refractivity contribution < 1.29 is 9.90 Å². The number of rotatable bonds is 6. The van der Waals surface area contributed by atoms with Crippen LogP contribution >= 0.6 is 0 Å². The number of aliphatic hydroxyl groups is 1. The fraction of sp³-hybridized carbons (Fsp3) is 0.615. The third kappa shape index (κ3) is 4.93. The molecule has 1 aliphatic carbocycles. The minimum absolute atomic E-state index is 0.185. The van der Waals surface area contributed by atoms with Gasteiger partial charge < -0.3 is 5.11 Å². The molecule has 1 aliphatic rings. The van der Waals surface area contributed by atoms with E-state index in [0.717, 1.165) is 12.8 Å². The van der Waals surface area contributed by atoms with E-state index in [1.807, 2.05) is 18.2 Å². The van der Waals surface area contributed by atoms with Gasteiger partial charge in [-0.2, -0.15) is 0 Å². The van der Waals surface area contributed by atoms with E-state index in [1.54, 1.807) is 6.08 Å². The predicted molar refractivity (Wildman–Crippen MR) is 61.5 cm³/mol. The minimum Gasteiger partial charge on any atom is -0.389 e. The van der Waals surface area contributed by atoms with E-state index in [2.05, 4.69) is 6.92 Å². The molecule has 2 heteroatoms. The lowest BCUT2D eigenvalue weighted by Gasteiger charge is -2.05. The van der Waals surface area contributed by atoms with Crippen LogP contribution in [0.15, 0.2) is 24.3 Å². The Balaban J connectivity index is 2.19. The maximum absolute atomic E-state index is 10.9. The normalized spacial score (nSPS) is 22.8. The molecule has 0 saturated heterocycles. The number of ketones is 1. The summed E-state index contributed by atoms with van der Waals surface area (Å²) in [5.41, 5.74) is 0. The smallest absolute Gasteiger partial charge is 0.156 e. The Morgan fingerprint density at radius 1 is 1.60 bits per heavy atom. The van der Waals surface area contributed by atoms with Crippen LogP contribution in [0.4, 0.5) is 0 Å². The van der Waals surface area contributed by atoms with Crippen LogP contribution in [0.1, 0.15) is 39.0 Å². The molecule has 0 aromatic carbocycles. The molecule has 0 aliphatic heterocycles. The van der Waals surface area contributed by atoms with E-state index in [-0.39, 0.29) is 17.8 Å². The Kier molecular flexibility index (Phi) is 5.33. The molecule has 0 aromatic rings. The number of carbonyl (C=O) groups is 1. The first-order chi connectivity index (χ1) is 7.22. The van der Waals surface area contributed by atoms with Gasteiger partial charge in [-0.15, -0.1) is 0 Å². The van der Waals surface area contributed by atoms with Crippen molar-refractivity contribution in [3.63, 3.8) is 0 Å². The first kappa shape index (κ1) is 12.2. The Labute approximate surface area is 91.7 Å². The molecule has 2 nitrogen and oxygen atoms in total. The molecular weight excluding hydrogens is 188 g/mol. The van der Waals surface area contributed by atoms with E-state index in [4.69, 9.17) is 0 Å². The summed E-state index contributed by atoms with van der Waals surface area (Å²) in [6.45, 7) is 2.15. The maximum Gasteiger partial charge on any atom is 0.156 e. The van der Waals surface area contributed by atoms with E-state index in [1.165, 1.54) is 12.8 Å².